The van der Waals surface area contributed by atoms with E-state index in [0.29, 0.717) is 6.42 Å². The van der Waals surface area contributed by atoms with Crippen LogP contribution in [0.2, 0.25) is 0 Å². The Balaban J connectivity index is 2.03. The third kappa shape index (κ3) is 1.53. The minimum absolute atomic E-state index is 0.205. The van der Waals surface area contributed by atoms with Gasteiger partial charge in [0, 0.05) is 12.0 Å². The number of imidazole rings is 1. The second-order valence-electron chi connectivity index (χ2n) is 5.30. The highest BCUT2D eigenvalue weighted by atomic mass is 16.1. The normalized spacial score (nSPS) is 13.9. The fraction of sp³-hybridized carbons (Fsp3) is 0.176. The first kappa shape index (κ1) is 11.4. The molecule has 0 saturated heterocycles. The Morgan fingerprint density at radius 3 is 2.65 bits per heavy atom. The Bertz CT molecular complexity index is 828. The van der Waals surface area contributed by atoms with Crippen LogP contribution in [0.5, 0.6) is 0 Å². The molecule has 98 valence electrons. The molecule has 3 heterocycles. The van der Waals surface area contributed by atoms with E-state index in [9.17, 15) is 4.79 Å². The van der Waals surface area contributed by atoms with Crippen molar-refractivity contribution in [2.24, 2.45) is 0 Å². The average Bonchev–Trinajstić information content (AvgIpc) is 2.84. The Morgan fingerprint density at radius 2 is 1.85 bits per heavy atom. The summed E-state index contributed by atoms with van der Waals surface area (Å²) in [5.41, 5.74) is 6.14. The first-order chi connectivity index (χ1) is 9.74. The maximum absolute atomic E-state index is 12.0. The number of carbonyl (C=O) groups is 1. The second-order valence-corrected chi connectivity index (χ2v) is 5.30. The zero-order valence-corrected chi connectivity index (χ0v) is 11.3. The second kappa shape index (κ2) is 4.04. The Hall–Kier alpha value is -2.42. The summed E-state index contributed by atoms with van der Waals surface area (Å²) in [5, 5.41) is 0. The topological polar surface area (TPSA) is 34.4 Å². The molecule has 1 aromatic carbocycles. The van der Waals surface area contributed by atoms with Crippen molar-refractivity contribution in [1.29, 1.82) is 0 Å². The highest BCUT2D eigenvalue weighted by Crippen LogP contribution is 2.30. The summed E-state index contributed by atoms with van der Waals surface area (Å²) >= 11 is 0. The molecule has 0 aliphatic carbocycles. The van der Waals surface area contributed by atoms with Gasteiger partial charge in [0.05, 0.1) is 17.1 Å². The van der Waals surface area contributed by atoms with E-state index in [0.717, 1.165) is 34.7 Å². The quantitative estimate of drug-likeness (QED) is 0.673. The number of benzene rings is 1. The lowest BCUT2D eigenvalue weighted by molar-refractivity contribution is 0.0970. The van der Waals surface area contributed by atoms with Crippen LogP contribution in [0.15, 0.2) is 42.5 Å². The number of aromatic nitrogens is 2. The molecule has 3 aromatic rings. The fourth-order valence-corrected chi connectivity index (χ4v) is 2.90. The van der Waals surface area contributed by atoms with Gasteiger partial charge >= 0.3 is 0 Å². The Kier molecular flexibility index (Phi) is 2.30. The molecule has 0 atom stereocenters. The monoisotopic (exact) mass is 262 g/mol. The molecule has 3 nitrogen and oxygen atoms in total. The molecule has 0 spiro atoms. The van der Waals surface area contributed by atoms with Crippen molar-refractivity contribution >= 4 is 11.4 Å². The molecule has 0 unspecified atom stereocenters. The van der Waals surface area contributed by atoms with Crippen LogP contribution >= 0.6 is 0 Å². The molecule has 0 amide bonds. The van der Waals surface area contributed by atoms with Crippen LogP contribution in [0.1, 0.15) is 28.2 Å². The van der Waals surface area contributed by atoms with E-state index >= 15 is 0 Å². The molecule has 1 aliphatic rings. The van der Waals surface area contributed by atoms with E-state index in [4.69, 9.17) is 4.98 Å². The fourth-order valence-electron chi connectivity index (χ4n) is 2.90. The molecule has 0 N–H and O–H groups in total. The summed E-state index contributed by atoms with van der Waals surface area (Å²) in [5.74, 6) is 0.205. The minimum Gasteiger partial charge on any atom is -0.293 e. The highest BCUT2D eigenvalue weighted by Gasteiger charge is 2.23. The number of aryl methyl sites for hydroxylation is 2. The smallest absolute Gasteiger partial charge is 0.180 e. The van der Waals surface area contributed by atoms with E-state index in [1.165, 1.54) is 5.56 Å². The predicted octanol–water partition coefficient (Wildman–Crippen LogP) is 3.44. The number of nitrogens with zero attached hydrogens (tertiary/aromatic N) is 2. The van der Waals surface area contributed by atoms with Gasteiger partial charge in [-0.2, -0.15) is 0 Å². The molecule has 0 saturated carbocycles. The number of pyridine rings is 1. The summed E-state index contributed by atoms with van der Waals surface area (Å²) in [6.45, 7) is 2.08. The summed E-state index contributed by atoms with van der Waals surface area (Å²) in [6.07, 6.45) is 1.34. The van der Waals surface area contributed by atoms with Crippen LogP contribution < -0.4 is 0 Å². The van der Waals surface area contributed by atoms with Crippen molar-refractivity contribution < 1.29 is 4.79 Å². The number of carbonyl (C=O) groups excluding carboxylic acids is 1. The molecule has 3 heteroatoms. The third-order valence-electron chi connectivity index (χ3n) is 3.94. The zero-order valence-electron chi connectivity index (χ0n) is 11.3. The van der Waals surface area contributed by atoms with Crippen molar-refractivity contribution in [3.63, 3.8) is 0 Å². The number of ketones is 1. The van der Waals surface area contributed by atoms with Crippen LogP contribution in [-0.4, -0.2) is 15.2 Å². The van der Waals surface area contributed by atoms with Gasteiger partial charge in [-0.25, -0.2) is 4.98 Å². The standard InChI is InChI=1S/C17H14N2O/c1-11-5-7-12(8-6-11)17-14-9-10-15(20)13-3-2-4-16(18-17)19(13)14/h2-8H,9-10H2,1H3. The molecule has 0 radical (unpaired) electrons. The average molecular weight is 262 g/mol. The largest absolute Gasteiger partial charge is 0.293 e. The summed E-state index contributed by atoms with van der Waals surface area (Å²) < 4.78 is 2.01. The third-order valence-corrected chi connectivity index (χ3v) is 3.94. The lowest BCUT2D eigenvalue weighted by Crippen LogP contribution is -2.15. The Morgan fingerprint density at radius 1 is 1.05 bits per heavy atom. The lowest BCUT2D eigenvalue weighted by atomic mass is 10.0. The number of rotatable bonds is 1. The molecule has 2 aromatic heterocycles. The van der Waals surface area contributed by atoms with Gasteiger partial charge in [-0.15, -0.1) is 0 Å². The van der Waals surface area contributed by atoms with Gasteiger partial charge in [0.15, 0.2) is 5.78 Å². The van der Waals surface area contributed by atoms with Crippen LogP contribution in [0.25, 0.3) is 16.9 Å². The van der Waals surface area contributed by atoms with Crippen LogP contribution in [-0.2, 0) is 6.42 Å². The first-order valence-corrected chi connectivity index (χ1v) is 6.84. The molecular weight excluding hydrogens is 248 g/mol. The van der Waals surface area contributed by atoms with Gasteiger partial charge in [-0.1, -0.05) is 35.9 Å². The summed E-state index contributed by atoms with van der Waals surface area (Å²) in [6, 6.07) is 14.2. The maximum Gasteiger partial charge on any atom is 0.180 e. The minimum atomic E-state index is 0.205. The van der Waals surface area contributed by atoms with E-state index < -0.39 is 0 Å². The van der Waals surface area contributed by atoms with Gasteiger partial charge in [-0.05, 0) is 25.5 Å². The lowest BCUT2D eigenvalue weighted by Gasteiger charge is -2.14. The van der Waals surface area contributed by atoms with E-state index in [1.54, 1.807) is 0 Å². The number of hydrogen-bond acceptors (Lipinski definition) is 2. The summed E-state index contributed by atoms with van der Waals surface area (Å²) in [4.78, 5) is 16.7. The van der Waals surface area contributed by atoms with Crippen molar-refractivity contribution in [3.05, 3.63) is 59.4 Å². The van der Waals surface area contributed by atoms with Crippen molar-refractivity contribution in [3.8, 4) is 11.3 Å². The van der Waals surface area contributed by atoms with Gasteiger partial charge in [-0.3, -0.25) is 9.20 Å². The molecule has 0 bridgehead atoms. The maximum atomic E-state index is 12.0. The molecule has 1 aliphatic heterocycles. The summed E-state index contributed by atoms with van der Waals surface area (Å²) in [7, 11) is 0. The van der Waals surface area contributed by atoms with Gasteiger partial charge < -0.3 is 0 Å². The SMILES string of the molecule is Cc1ccc(-c2nc3cccc4n3c2CCC4=O)cc1. The highest BCUT2D eigenvalue weighted by molar-refractivity contribution is 5.97. The van der Waals surface area contributed by atoms with E-state index in [-0.39, 0.29) is 5.78 Å². The molecule has 20 heavy (non-hydrogen) atoms. The van der Waals surface area contributed by atoms with Crippen LogP contribution in [0, 0.1) is 6.92 Å². The van der Waals surface area contributed by atoms with E-state index in [2.05, 4.69) is 31.2 Å². The van der Waals surface area contributed by atoms with E-state index in [1.807, 2.05) is 22.6 Å². The number of Topliss-reactive ketones (excluding diaryl/α,β-unsaturated/α-hetero) is 1. The molecule has 4 rings (SSSR count). The van der Waals surface area contributed by atoms with Gasteiger partial charge in [0.25, 0.3) is 0 Å². The van der Waals surface area contributed by atoms with Crippen molar-refractivity contribution in [2.75, 3.05) is 0 Å². The van der Waals surface area contributed by atoms with Gasteiger partial charge in [0.2, 0.25) is 0 Å². The molecule has 0 fully saturated rings. The molecular formula is C17H14N2O. The van der Waals surface area contributed by atoms with Crippen molar-refractivity contribution in [1.82, 2.24) is 9.38 Å². The van der Waals surface area contributed by atoms with Crippen molar-refractivity contribution in [2.45, 2.75) is 19.8 Å². The van der Waals surface area contributed by atoms with Crippen LogP contribution in [0.3, 0.4) is 0 Å². The van der Waals surface area contributed by atoms with Crippen LogP contribution in [0.4, 0.5) is 0 Å². The first-order valence-electron chi connectivity index (χ1n) is 6.84. The Labute approximate surface area is 116 Å². The zero-order chi connectivity index (χ0) is 13.7. The number of hydrogen-bond donors (Lipinski definition) is 0. The van der Waals surface area contributed by atoms with Gasteiger partial charge in [0.1, 0.15) is 5.65 Å². The predicted molar refractivity (Wildman–Crippen MR) is 78.0 cm³/mol.